The third kappa shape index (κ3) is 4.71. The van der Waals surface area contributed by atoms with Gasteiger partial charge in [-0.15, -0.1) is 0 Å². The molecule has 0 bridgehead atoms. The molecule has 1 unspecified atom stereocenters. The van der Waals surface area contributed by atoms with Gasteiger partial charge < -0.3 is 14.9 Å². The van der Waals surface area contributed by atoms with Gasteiger partial charge in [0.25, 0.3) is 5.56 Å². The molecule has 2 aliphatic heterocycles. The van der Waals surface area contributed by atoms with Gasteiger partial charge in [-0.05, 0) is 57.7 Å². The molecule has 2 fully saturated rings. The number of hydrogen-bond donors (Lipinski definition) is 1. The SMILES string of the molecule is CC(=O)N1CCCC(O)(CN2CCC(Cn3nc(C)ccc3=O)CC2)C1. The Hall–Kier alpha value is -1.73. The zero-order valence-corrected chi connectivity index (χ0v) is 15.9. The third-order valence-electron chi connectivity index (χ3n) is 5.66. The summed E-state index contributed by atoms with van der Waals surface area (Å²) in [6, 6.07) is 3.33. The molecule has 1 atom stereocenters. The van der Waals surface area contributed by atoms with Crippen LogP contribution < -0.4 is 5.56 Å². The van der Waals surface area contributed by atoms with E-state index >= 15 is 0 Å². The van der Waals surface area contributed by atoms with Gasteiger partial charge in [0.05, 0.1) is 17.8 Å². The van der Waals surface area contributed by atoms with Crippen molar-refractivity contribution in [2.75, 3.05) is 32.7 Å². The van der Waals surface area contributed by atoms with Gasteiger partial charge >= 0.3 is 0 Å². The molecule has 1 N–H and O–H groups in total. The minimum atomic E-state index is -0.800. The first-order chi connectivity index (χ1) is 12.3. The summed E-state index contributed by atoms with van der Waals surface area (Å²) < 4.78 is 1.58. The van der Waals surface area contributed by atoms with Crippen LogP contribution in [0.15, 0.2) is 16.9 Å². The van der Waals surface area contributed by atoms with Gasteiger partial charge in [0.15, 0.2) is 0 Å². The van der Waals surface area contributed by atoms with Crippen molar-refractivity contribution in [3.63, 3.8) is 0 Å². The van der Waals surface area contributed by atoms with Crippen LogP contribution in [0.3, 0.4) is 0 Å². The van der Waals surface area contributed by atoms with Crippen molar-refractivity contribution >= 4 is 5.91 Å². The van der Waals surface area contributed by atoms with E-state index in [1.807, 2.05) is 6.92 Å². The van der Waals surface area contributed by atoms with Gasteiger partial charge in [0.2, 0.25) is 5.91 Å². The molecule has 3 heterocycles. The maximum absolute atomic E-state index is 11.9. The molecule has 0 aromatic carbocycles. The van der Waals surface area contributed by atoms with E-state index in [0.717, 1.165) is 51.0 Å². The number of carbonyl (C=O) groups excluding carboxylic acids is 1. The van der Waals surface area contributed by atoms with Crippen molar-refractivity contribution in [1.29, 1.82) is 0 Å². The Labute approximate surface area is 154 Å². The molecule has 1 amide bonds. The Kier molecular flexibility index (Phi) is 5.77. The second-order valence-electron chi connectivity index (χ2n) is 7.98. The Bertz CT molecular complexity index is 696. The zero-order valence-electron chi connectivity index (χ0n) is 15.9. The van der Waals surface area contributed by atoms with Gasteiger partial charge in [0.1, 0.15) is 0 Å². The average molecular weight is 362 g/mol. The Morgan fingerprint density at radius 3 is 2.73 bits per heavy atom. The molecule has 7 heteroatoms. The van der Waals surface area contributed by atoms with Crippen molar-refractivity contribution in [3.8, 4) is 0 Å². The molecule has 1 aromatic rings. The van der Waals surface area contributed by atoms with Crippen molar-refractivity contribution in [3.05, 3.63) is 28.2 Å². The van der Waals surface area contributed by atoms with Crippen LogP contribution in [0.1, 0.15) is 38.3 Å². The molecule has 1 aromatic heterocycles. The molecule has 0 aliphatic carbocycles. The van der Waals surface area contributed by atoms with E-state index in [1.54, 1.807) is 28.6 Å². The molecule has 0 saturated carbocycles. The van der Waals surface area contributed by atoms with Crippen LogP contribution in [0.25, 0.3) is 0 Å². The largest absolute Gasteiger partial charge is 0.387 e. The van der Waals surface area contributed by atoms with Crippen molar-refractivity contribution in [1.82, 2.24) is 19.6 Å². The monoisotopic (exact) mass is 362 g/mol. The summed E-state index contributed by atoms with van der Waals surface area (Å²) in [6.07, 6.45) is 3.59. The standard InChI is InChI=1S/C19H30N4O3/c1-15-4-5-18(25)23(20-15)12-17-6-10-21(11-7-17)13-19(26)8-3-9-22(14-19)16(2)24/h4-5,17,26H,3,6-14H2,1-2H3. The van der Waals surface area contributed by atoms with Crippen molar-refractivity contribution in [2.45, 2.75) is 51.7 Å². The Morgan fingerprint density at radius 1 is 1.31 bits per heavy atom. The lowest BCUT2D eigenvalue weighted by atomic mass is 9.90. The van der Waals surface area contributed by atoms with E-state index < -0.39 is 5.60 Å². The van der Waals surface area contributed by atoms with Crippen LogP contribution in [0.5, 0.6) is 0 Å². The second-order valence-corrected chi connectivity index (χ2v) is 7.98. The molecule has 0 radical (unpaired) electrons. The number of rotatable bonds is 4. The van der Waals surface area contributed by atoms with Gasteiger partial charge in [-0.25, -0.2) is 4.68 Å². The first-order valence-corrected chi connectivity index (χ1v) is 9.60. The first kappa shape index (κ1) is 19.0. The third-order valence-corrected chi connectivity index (χ3v) is 5.66. The topological polar surface area (TPSA) is 78.7 Å². The lowest BCUT2D eigenvalue weighted by Crippen LogP contribution is -2.56. The molecule has 2 aliphatic rings. The molecule has 3 rings (SSSR count). The molecule has 26 heavy (non-hydrogen) atoms. The van der Waals surface area contributed by atoms with E-state index in [-0.39, 0.29) is 11.5 Å². The minimum Gasteiger partial charge on any atom is -0.387 e. The number of piperidine rings is 2. The lowest BCUT2D eigenvalue weighted by molar-refractivity contribution is -0.137. The number of likely N-dealkylation sites (tertiary alicyclic amines) is 2. The predicted molar refractivity (Wildman–Crippen MR) is 98.8 cm³/mol. The summed E-state index contributed by atoms with van der Waals surface area (Å²) in [7, 11) is 0. The summed E-state index contributed by atoms with van der Waals surface area (Å²) in [6.45, 7) is 7.75. The highest BCUT2D eigenvalue weighted by Gasteiger charge is 2.36. The Morgan fingerprint density at radius 2 is 2.04 bits per heavy atom. The number of hydrogen-bond acceptors (Lipinski definition) is 5. The maximum atomic E-state index is 11.9. The van der Waals surface area contributed by atoms with E-state index in [1.165, 1.54) is 0 Å². The number of β-amino-alcohol motifs (C(OH)–C–C–N with tert-alkyl or cyclic N) is 1. The van der Waals surface area contributed by atoms with E-state index in [9.17, 15) is 14.7 Å². The van der Waals surface area contributed by atoms with Crippen LogP contribution in [-0.4, -0.2) is 68.9 Å². The number of amides is 1. The highest BCUT2D eigenvalue weighted by Crippen LogP contribution is 2.25. The van der Waals surface area contributed by atoms with Gasteiger partial charge in [-0.2, -0.15) is 5.10 Å². The average Bonchev–Trinajstić information content (AvgIpc) is 2.59. The summed E-state index contributed by atoms with van der Waals surface area (Å²) in [5.74, 6) is 0.478. The number of carbonyl (C=O) groups is 1. The second kappa shape index (κ2) is 7.88. The summed E-state index contributed by atoms with van der Waals surface area (Å²) >= 11 is 0. The van der Waals surface area contributed by atoms with Gasteiger partial charge in [-0.3, -0.25) is 9.59 Å². The van der Waals surface area contributed by atoms with Crippen LogP contribution in [0.2, 0.25) is 0 Å². The van der Waals surface area contributed by atoms with E-state index in [0.29, 0.717) is 25.6 Å². The molecule has 0 spiro atoms. The zero-order chi connectivity index (χ0) is 18.7. The van der Waals surface area contributed by atoms with Gasteiger partial charge in [0, 0.05) is 32.6 Å². The minimum absolute atomic E-state index is 0.0397. The molecule has 2 saturated heterocycles. The van der Waals surface area contributed by atoms with Crippen LogP contribution >= 0.6 is 0 Å². The predicted octanol–water partition coefficient (Wildman–Crippen LogP) is 0.637. The smallest absolute Gasteiger partial charge is 0.266 e. The molecular weight excluding hydrogens is 332 g/mol. The fraction of sp³-hybridized carbons (Fsp3) is 0.737. The number of aryl methyl sites for hydroxylation is 1. The van der Waals surface area contributed by atoms with E-state index in [2.05, 4.69) is 10.00 Å². The first-order valence-electron chi connectivity index (χ1n) is 9.60. The molecule has 7 nitrogen and oxygen atoms in total. The fourth-order valence-electron chi connectivity index (χ4n) is 4.18. The van der Waals surface area contributed by atoms with Crippen LogP contribution in [0, 0.1) is 12.8 Å². The highest BCUT2D eigenvalue weighted by atomic mass is 16.3. The van der Waals surface area contributed by atoms with Crippen LogP contribution in [-0.2, 0) is 11.3 Å². The summed E-state index contributed by atoms with van der Waals surface area (Å²) in [5.41, 5.74) is 0.0154. The lowest BCUT2D eigenvalue weighted by Gasteiger charge is -2.43. The normalized spacial score (nSPS) is 25.4. The highest BCUT2D eigenvalue weighted by molar-refractivity contribution is 5.73. The van der Waals surface area contributed by atoms with E-state index in [4.69, 9.17) is 0 Å². The number of nitrogens with zero attached hydrogens (tertiary/aromatic N) is 4. The van der Waals surface area contributed by atoms with Crippen LogP contribution in [0.4, 0.5) is 0 Å². The number of aromatic nitrogens is 2. The fourth-order valence-corrected chi connectivity index (χ4v) is 4.18. The molecule has 144 valence electrons. The maximum Gasteiger partial charge on any atom is 0.266 e. The molecular formula is C19H30N4O3. The number of aliphatic hydroxyl groups is 1. The van der Waals surface area contributed by atoms with Crippen molar-refractivity contribution < 1.29 is 9.90 Å². The van der Waals surface area contributed by atoms with Gasteiger partial charge in [-0.1, -0.05) is 0 Å². The summed E-state index contributed by atoms with van der Waals surface area (Å²) in [4.78, 5) is 27.6. The quantitative estimate of drug-likeness (QED) is 0.850. The Balaban J connectivity index is 1.51. The summed E-state index contributed by atoms with van der Waals surface area (Å²) in [5, 5.41) is 15.2. The van der Waals surface area contributed by atoms with Crippen molar-refractivity contribution in [2.24, 2.45) is 5.92 Å².